The van der Waals surface area contributed by atoms with Crippen molar-refractivity contribution in [3.05, 3.63) is 22.7 Å². The fraction of sp³-hybridized carbons (Fsp3) is 0.429. The van der Waals surface area contributed by atoms with E-state index in [1.54, 1.807) is 32.9 Å². The van der Waals surface area contributed by atoms with Crippen molar-refractivity contribution in [1.82, 2.24) is 5.32 Å². The van der Waals surface area contributed by atoms with Crippen LogP contribution in [0.25, 0.3) is 0 Å². The second kappa shape index (κ2) is 5.09. The van der Waals surface area contributed by atoms with Crippen LogP contribution < -0.4 is 15.0 Å². The summed E-state index contributed by atoms with van der Waals surface area (Å²) in [4.78, 5) is 26.2. The molecule has 1 aromatic carbocycles. The Bertz CT molecular complexity index is 572. The number of methoxy groups -OCH3 is 1. The largest absolute Gasteiger partial charge is 0.495 e. The van der Waals surface area contributed by atoms with Crippen LogP contribution in [0.1, 0.15) is 20.8 Å². The highest BCUT2D eigenvalue weighted by atomic mass is 79.9. The normalized spacial score (nSPS) is 21.6. The van der Waals surface area contributed by atoms with Gasteiger partial charge in [0.15, 0.2) is 0 Å². The summed E-state index contributed by atoms with van der Waals surface area (Å²) in [5.74, 6) is 0.205. The molecule has 108 valence electrons. The summed E-state index contributed by atoms with van der Waals surface area (Å²) in [6.07, 6.45) is 0. The zero-order chi connectivity index (χ0) is 15.1. The molecule has 2 amide bonds. The standard InChI is InChI=1S/C14H17BrN2O3/c1-8-12(18)16-14(2,3)13(19)17(8)10-7-9(15)5-6-11(10)20-4/h5-8H,1-4H3,(H,16,18). The van der Waals surface area contributed by atoms with E-state index in [2.05, 4.69) is 21.2 Å². The van der Waals surface area contributed by atoms with Crippen LogP contribution in [0.2, 0.25) is 0 Å². The number of carbonyl (C=O) groups excluding carboxylic acids is 2. The van der Waals surface area contributed by atoms with Crippen LogP contribution in [0.15, 0.2) is 22.7 Å². The van der Waals surface area contributed by atoms with Crippen LogP contribution >= 0.6 is 15.9 Å². The molecular formula is C14H17BrN2O3. The molecule has 1 saturated heterocycles. The molecule has 1 aromatic rings. The number of rotatable bonds is 2. The molecule has 0 aliphatic carbocycles. The minimum atomic E-state index is -0.934. The Labute approximate surface area is 126 Å². The molecule has 1 unspecified atom stereocenters. The summed E-state index contributed by atoms with van der Waals surface area (Å²) in [6.45, 7) is 5.08. The number of benzene rings is 1. The Morgan fingerprint density at radius 1 is 1.35 bits per heavy atom. The van der Waals surface area contributed by atoms with Gasteiger partial charge in [0.1, 0.15) is 17.3 Å². The minimum Gasteiger partial charge on any atom is -0.495 e. The topological polar surface area (TPSA) is 58.6 Å². The lowest BCUT2D eigenvalue weighted by Gasteiger charge is -2.41. The van der Waals surface area contributed by atoms with Crippen molar-refractivity contribution in [3.63, 3.8) is 0 Å². The van der Waals surface area contributed by atoms with E-state index in [0.717, 1.165) is 4.47 Å². The van der Waals surface area contributed by atoms with E-state index in [1.165, 1.54) is 12.0 Å². The van der Waals surface area contributed by atoms with Gasteiger partial charge in [0, 0.05) is 4.47 Å². The second-order valence-corrected chi connectivity index (χ2v) is 6.20. The lowest BCUT2D eigenvalue weighted by molar-refractivity contribution is -0.136. The molecule has 1 heterocycles. The van der Waals surface area contributed by atoms with E-state index in [-0.39, 0.29) is 11.8 Å². The van der Waals surface area contributed by atoms with Gasteiger partial charge < -0.3 is 10.1 Å². The summed E-state index contributed by atoms with van der Waals surface area (Å²) in [5, 5.41) is 2.72. The number of amides is 2. The van der Waals surface area contributed by atoms with Crippen LogP contribution in [0.3, 0.4) is 0 Å². The van der Waals surface area contributed by atoms with Crippen molar-refractivity contribution in [1.29, 1.82) is 0 Å². The van der Waals surface area contributed by atoms with Gasteiger partial charge in [-0.3, -0.25) is 14.5 Å². The number of halogens is 1. The molecule has 5 nitrogen and oxygen atoms in total. The molecule has 1 fully saturated rings. The van der Waals surface area contributed by atoms with Crippen LogP contribution in [0, 0.1) is 0 Å². The highest BCUT2D eigenvalue weighted by Crippen LogP contribution is 2.35. The van der Waals surface area contributed by atoms with Crippen molar-refractivity contribution < 1.29 is 14.3 Å². The Kier molecular flexibility index (Phi) is 3.77. The van der Waals surface area contributed by atoms with E-state index in [4.69, 9.17) is 4.74 Å². The number of hydrogen-bond acceptors (Lipinski definition) is 3. The van der Waals surface area contributed by atoms with Gasteiger partial charge in [0.25, 0.3) is 5.91 Å². The van der Waals surface area contributed by atoms with Crippen molar-refractivity contribution >= 4 is 33.4 Å². The number of piperazine rings is 1. The number of nitrogens with zero attached hydrogens (tertiary/aromatic N) is 1. The zero-order valence-electron chi connectivity index (χ0n) is 11.9. The van der Waals surface area contributed by atoms with E-state index in [9.17, 15) is 9.59 Å². The number of carbonyl (C=O) groups is 2. The smallest absolute Gasteiger partial charge is 0.253 e. The van der Waals surface area contributed by atoms with Crippen LogP contribution in [-0.2, 0) is 9.59 Å². The number of hydrogen-bond donors (Lipinski definition) is 1. The van der Waals surface area contributed by atoms with E-state index in [1.807, 2.05) is 6.07 Å². The Morgan fingerprint density at radius 2 is 2.00 bits per heavy atom. The van der Waals surface area contributed by atoms with Gasteiger partial charge in [-0.15, -0.1) is 0 Å². The van der Waals surface area contributed by atoms with Crippen molar-refractivity contribution in [3.8, 4) is 5.75 Å². The van der Waals surface area contributed by atoms with Crippen molar-refractivity contribution in [2.24, 2.45) is 0 Å². The van der Waals surface area contributed by atoms with Gasteiger partial charge in [-0.05, 0) is 39.0 Å². The van der Waals surface area contributed by atoms with Gasteiger partial charge >= 0.3 is 0 Å². The molecular weight excluding hydrogens is 324 g/mol. The molecule has 0 radical (unpaired) electrons. The summed E-state index contributed by atoms with van der Waals surface area (Å²) in [7, 11) is 1.54. The first-order valence-corrected chi connectivity index (χ1v) is 7.06. The fourth-order valence-corrected chi connectivity index (χ4v) is 2.58. The minimum absolute atomic E-state index is 0.166. The molecule has 1 N–H and O–H groups in total. The average Bonchev–Trinajstić information content (AvgIpc) is 2.37. The van der Waals surface area contributed by atoms with Gasteiger partial charge in [0.2, 0.25) is 5.91 Å². The Balaban J connectivity index is 2.56. The van der Waals surface area contributed by atoms with E-state index in [0.29, 0.717) is 11.4 Å². The molecule has 1 atom stereocenters. The number of nitrogens with one attached hydrogen (secondary N) is 1. The van der Waals surface area contributed by atoms with Crippen LogP contribution in [0.5, 0.6) is 5.75 Å². The first kappa shape index (κ1) is 14.8. The summed E-state index contributed by atoms with van der Waals surface area (Å²) in [5.41, 5.74) is -0.348. The Morgan fingerprint density at radius 3 is 2.60 bits per heavy atom. The van der Waals surface area contributed by atoms with Gasteiger partial charge in [0.05, 0.1) is 12.8 Å². The summed E-state index contributed by atoms with van der Waals surface area (Å²) >= 11 is 3.38. The SMILES string of the molecule is COc1ccc(Br)cc1N1C(=O)C(C)(C)NC(=O)C1C. The highest BCUT2D eigenvalue weighted by Gasteiger charge is 2.44. The van der Waals surface area contributed by atoms with E-state index < -0.39 is 11.6 Å². The third-order valence-electron chi connectivity index (χ3n) is 3.36. The average molecular weight is 341 g/mol. The molecule has 0 saturated carbocycles. The summed E-state index contributed by atoms with van der Waals surface area (Å²) in [6, 6.07) is 4.78. The third-order valence-corrected chi connectivity index (χ3v) is 3.85. The maximum absolute atomic E-state index is 12.6. The summed E-state index contributed by atoms with van der Waals surface area (Å²) < 4.78 is 6.12. The van der Waals surface area contributed by atoms with Crippen molar-refractivity contribution in [2.45, 2.75) is 32.4 Å². The maximum Gasteiger partial charge on any atom is 0.253 e. The van der Waals surface area contributed by atoms with Crippen molar-refractivity contribution in [2.75, 3.05) is 12.0 Å². The van der Waals surface area contributed by atoms with E-state index >= 15 is 0 Å². The molecule has 1 aliphatic rings. The molecule has 0 spiro atoms. The Hall–Kier alpha value is -1.56. The third kappa shape index (κ3) is 2.40. The molecule has 6 heteroatoms. The van der Waals surface area contributed by atoms with Gasteiger partial charge in [-0.25, -0.2) is 0 Å². The van der Waals surface area contributed by atoms with Gasteiger partial charge in [-0.1, -0.05) is 15.9 Å². The second-order valence-electron chi connectivity index (χ2n) is 5.28. The molecule has 20 heavy (non-hydrogen) atoms. The lowest BCUT2D eigenvalue weighted by Crippen LogP contribution is -2.67. The maximum atomic E-state index is 12.6. The first-order valence-electron chi connectivity index (χ1n) is 6.27. The first-order chi connectivity index (χ1) is 9.27. The fourth-order valence-electron chi connectivity index (χ4n) is 2.23. The highest BCUT2D eigenvalue weighted by molar-refractivity contribution is 9.10. The lowest BCUT2D eigenvalue weighted by atomic mass is 9.96. The van der Waals surface area contributed by atoms with Crippen LogP contribution in [0.4, 0.5) is 5.69 Å². The molecule has 0 bridgehead atoms. The predicted octanol–water partition coefficient (Wildman–Crippen LogP) is 2.09. The number of ether oxygens (including phenoxy) is 1. The molecule has 2 rings (SSSR count). The quantitative estimate of drug-likeness (QED) is 0.896. The molecule has 1 aliphatic heterocycles. The van der Waals surface area contributed by atoms with Crippen LogP contribution in [-0.4, -0.2) is 30.5 Å². The molecule has 0 aromatic heterocycles. The van der Waals surface area contributed by atoms with Gasteiger partial charge in [-0.2, -0.15) is 0 Å². The monoisotopic (exact) mass is 340 g/mol. The number of anilines is 1. The zero-order valence-corrected chi connectivity index (χ0v) is 13.4. The predicted molar refractivity (Wildman–Crippen MR) is 79.9 cm³/mol.